The summed E-state index contributed by atoms with van der Waals surface area (Å²) < 4.78 is 0. The van der Waals surface area contributed by atoms with E-state index in [2.05, 4.69) is 15.0 Å². The predicted octanol–water partition coefficient (Wildman–Crippen LogP) is 2.89. The number of nitrogens with two attached hydrogens (primary N) is 1. The molecule has 0 saturated heterocycles. The number of fused-ring (bicyclic) bond motifs is 1. The van der Waals surface area contributed by atoms with Gasteiger partial charge in [0, 0.05) is 30.9 Å². The minimum Gasteiger partial charge on any atom is -0.363 e. The maximum absolute atomic E-state index is 12.4. The fourth-order valence-electron chi connectivity index (χ4n) is 2.30. The maximum Gasteiger partial charge on any atom is 0.183 e. The normalized spacial score (nSPS) is 11.0. The molecule has 0 spiro atoms. The molecular weight excluding hydrogens is 354 g/mol. The third-order valence-electron chi connectivity index (χ3n) is 3.58. The first-order valence-corrected chi connectivity index (χ1v) is 9.54. The molecule has 0 aliphatic carbocycles. The molecule has 0 aliphatic rings. The number of nitrogens with zero attached hydrogens (tertiary/aromatic N) is 4. The van der Waals surface area contributed by atoms with E-state index in [1.165, 1.54) is 23.1 Å². The molecule has 25 heavy (non-hydrogen) atoms. The third-order valence-corrected chi connectivity index (χ3v) is 5.72. The molecule has 3 aromatic heterocycles. The standard InChI is InChI=1S/C17H19N5OS2/c1-10-20-13-8-19-16(22(2)3)6-12(13)17(21-10)24-9-14(23)15-5-4-11(7-18)25-15/h4-6,8H,7,9,18H2,1-3H3. The van der Waals surface area contributed by atoms with Crippen LogP contribution >= 0.6 is 23.1 Å². The van der Waals surface area contributed by atoms with Crippen LogP contribution in [0, 0.1) is 6.92 Å². The topological polar surface area (TPSA) is 85.0 Å². The third kappa shape index (κ3) is 3.97. The van der Waals surface area contributed by atoms with E-state index < -0.39 is 0 Å². The summed E-state index contributed by atoms with van der Waals surface area (Å²) in [6.07, 6.45) is 1.75. The molecular formula is C17H19N5OS2. The summed E-state index contributed by atoms with van der Waals surface area (Å²) in [5.74, 6) is 1.92. The SMILES string of the molecule is Cc1nc(SCC(=O)c2ccc(CN)s2)c2cc(N(C)C)ncc2n1. The number of Topliss-reactive ketones (excluding diaryl/α,β-unsaturated/α-hetero) is 1. The molecule has 6 nitrogen and oxygen atoms in total. The van der Waals surface area contributed by atoms with Gasteiger partial charge in [0.05, 0.1) is 22.3 Å². The van der Waals surface area contributed by atoms with Crippen molar-refractivity contribution < 1.29 is 4.79 Å². The Morgan fingerprint density at radius 2 is 2.12 bits per heavy atom. The average molecular weight is 374 g/mol. The Morgan fingerprint density at radius 1 is 1.32 bits per heavy atom. The van der Waals surface area contributed by atoms with Gasteiger partial charge in [-0.3, -0.25) is 4.79 Å². The van der Waals surface area contributed by atoms with E-state index in [1.54, 1.807) is 6.20 Å². The van der Waals surface area contributed by atoms with Gasteiger partial charge in [0.25, 0.3) is 0 Å². The fraction of sp³-hybridized carbons (Fsp3) is 0.294. The number of carbonyl (C=O) groups excluding carboxylic acids is 1. The van der Waals surface area contributed by atoms with Crippen molar-refractivity contribution in [2.45, 2.75) is 18.5 Å². The molecule has 2 N–H and O–H groups in total. The second kappa shape index (κ2) is 7.47. The molecule has 0 bridgehead atoms. The fourth-order valence-corrected chi connectivity index (χ4v) is 4.16. The molecule has 3 aromatic rings. The van der Waals surface area contributed by atoms with Crippen molar-refractivity contribution in [3.63, 3.8) is 0 Å². The van der Waals surface area contributed by atoms with Gasteiger partial charge in [-0.25, -0.2) is 15.0 Å². The lowest BCUT2D eigenvalue weighted by Gasteiger charge is -2.13. The number of aromatic nitrogens is 3. The number of thiophene rings is 1. The van der Waals surface area contributed by atoms with Gasteiger partial charge in [0.15, 0.2) is 5.78 Å². The molecule has 130 valence electrons. The van der Waals surface area contributed by atoms with Gasteiger partial charge < -0.3 is 10.6 Å². The summed E-state index contributed by atoms with van der Waals surface area (Å²) in [5.41, 5.74) is 6.40. The van der Waals surface area contributed by atoms with Crippen LogP contribution in [0.3, 0.4) is 0 Å². The molecule has 0 aromatic carbocycles. The number of pyridine rings is 1. The first kappa shape index (κ1) is 17.8. The van der Waals surface area contributed by atoms with Crippen LogP contribution < -0.4 is 10.6 Å². The first-order valence-electron chi connectivity index (χ1n) is 7.74. The average Bonchev–Trinajstić information content (AvgIpc) is 3.08. The van der Waals surface area contributed by atoms with Crippen molar-refractivity contribution in [2.75, 3.05) is 24.7 Å². The Bertz CT molecular complexity index is 923. The van der Waals surface area contributed by atoms with Crippen molar-refractivity contribution in [1.82, 2.24) is 15.0 Å². The molecule has 0 atom stereocenters. The number of aryl methyl sites for hydroxylation is 1. The van der Waals surface area contributed by atoms with Crippen LogP contribution in [0.1, 0.15) is 20.4 Å². The Balaban J connectivity index is 1.86. The molecule has 0 amide bonds. The minimum atomic E-state index is 0.0843. The second-order valence-corrected chi connectivity index (χ2v) is 7.84. The summed E-state index contributed by atoms with van der Waals surface area (Å²) in [6.45, 7) is 2.30. The number of thioether (sulfide) groups is 1. The van der Waals surface area contributed by atoms with Gasteiger partial charge in [-0.2, -0.15) is 0 Å². The van der Waals surface area contributed by atoms with Gasteiger partial charge in [-0.05, 0) is 25.1 Å². The van der Waals surface area contributed by atoms with Crippen molar-refractivity contribution in [2.24, 2.45) is 5.73 Å². The molecule has 0 aliphatic heterocycles. The van der Waals surface area contributed by atoms with Gasteiger partial charge in [0.2, 0.25) is 0 Å². The number of hydrogen-bond donors (Lipinski definition) is 1. The summed E-state index contributed by atoms with van der Waals surface area (Å²) >= 11 is 2.88. The zero-order chi connectivity index (χ0) is 18.0. The highest BCUT2D eigenvalue weighted by Gasteiger charge is 2.14. The molecule has 0 radical (unpaired) electrons. The molecule has 8 heteroatoms. The number of ketones is 1. The van der Waals surface area contributed by atoms with Crippen molar-refractivity contribution in [1.29, 1.82) is 0 Å². The lowest BCUT2D eigenvalue weighted by molar-refractivity contribution is 0.102. The monoisotopic (exact) mass is 373 g/mol. The molecule has 0 unspecified atom stereocenters. The van der Waals surface area contributed by atoms with Gasteiger partial charge in [0.1, 0.15) is 16.7 Å². The smallest absolute Gasteiger partial charge is 0.183 e. The van der Waals surface area contributed by atoms with Gasteiger partial charge in [-0.1, -0.05) is 11.8 Å². The summed E-state index contributed by atoms with van der Waals surface area (Å²) in [4.78, 5) is 29.5. The molecule has 3 heterocycles. The summed E-state index contributed by atoms with van der Waals surface area (Å²) in [7, 11) is 3.87. The van der Waals surface area contributed by atoms with Crippen molar-refractivity contribution in [3.8, 4) is 0 Å². The Labute approximate surface area is 154 Å². The Morgan fingerprint density at radius 3 is 2.80 bits per heavy atom. The van der Waals surface area contributed by atoms with E-state index in [-0.39, 0.29) is 5.78 Å². The Hall–Kier alpha value is -2.03. The summed E-state index contributed by atoms with van der Waals surface area (Å²) in [5, 5.41) is 1.72. The van der Waals surface area contributed by atoms with E-state index >= 15 is 0 Å². The lowest BCUT2D eigenvalue weighted by atomic mass is 10.3. The number of carbonyl (C=O) groups is 1. The van der Waals surface area contributed by atoms with Crippen LogP contribution in [0.15, 0.2) is 29.4 Å². The zero-order valence-electron chi connectivity index (χ0n) is 14.3. The van der Waals surface area contributed by atoms with Gasteiger partial charge >= 0.3 is 0 Å². The lowest BCUT2D eigenvalue weighted by Crippen LogP contribution is -2.10. The number of hydrogen-bond acceptors (Lipinski definition) is 8. The molecule has 0 saturated carbocycles. The van der Waals surface area contributed by atoms with E-state index in [1.807, 2.05) is 44.1 Å². The maximum atomic E-state index is 12.4. The quantitative estimate of drug-likeness (QED) is 0.404. The Kier molecular flexibility index (Phi) is 5.31. The van der Waals surface area contributed by atoms with Crippen molar-refractivity contribution in [3.05, 3.63) is 40.0 Å². The largest absolute Gasteiger partial charge is 0.363 e. The highest BCUT2D eigenvalue weighted by molar-refractivity contribution is 8.00. The van der Waals surface area contributed by atoms with E-state index in [0.29, 0.717) is 18.1 Å². The van der Waals surface area contributed by atoms with Crippen LogP contribution in [0.4, 0.5) is 5.82 Å². The van der Waals surface area contributed by atoms with E-state index in [9.17, 15) is 4.79 Å². The zero-order valence-corrected chi connectivity index (χ0v) is 15.9. The minimum absolute atomic E-state index is 0.0843. The van der Waals surface area contributed by atoms with Crippen LogP contribution in [-0.4, -0.2) is 40.6 Å². The van der Waals surface area contributed by atoms with Crippen LogP contribution in [-0.2, 0) is 6.54 Å². The second-order valence-electron chi connectivity index (χ2n) is 5.71. The van der Waals surface area contributed by atoms with Crippen molar-refractivity contribution >= 4 is 45.6 Å². The van der Waals surface area contributed by atoms with E-state index in [0.717, 1.165) is 31.5 Å². The van der Waals surface area contributed by atoms with Crippen LogP contribution in [0.5, 0.6) is 0 Å². The number of anilines is 1. The highest BCUT2D eigenvalue weighted by atomic mass is 32.2. The van der Waals surface area contributed by atoms with Crippen LogP contribution in [0.25, 0.3) is 10.9 Å². The van der Waals surface area contributed by atoms with Crippen LogP contribution in [0.2, 0.25) is 0 Å². The molecule has 0 fully saturated rings. The summed E-state index contributed by atoms with van der Waals surface area (Å²) in [6, 6.07) is 5.70. The highest BCUT2D eigenvalue weighted by Crippen LogP contribution is 2.28. The predicted molar refractivity (Wildman–Crippen MR) is 104 cm³/mol. The first-order chi connectivity index (χ1) is 12.0. The number of rotatable bonds is 6. The van der Waals surface area contributed by atoms with Gasteiger partial charge in [-0.15, -0.1) is 11.3 Å². The molecule has 3 rings (SSSR count). The van der Waals surface area contributed by atoms with E-state index in [4.69, 9.17) is 5.73 Å².